The number of rotatable bonds is 12. The minimum absolute atomic E-state index is 0.140. The highest BCUT2D eigenvalue weighted by molar-refractivity contribution is 5.83. The van der Waals surface area contributed by atoms with E-state index in [9.17, 15) is 14.3 Å². The number of aliphatic hydroxyl groups excluding tert-OH is 1. The molecule has 2 unspecified atom stereocenters. The largest absolute Gasteiger partial charge is 0.497 e. The molecule has 1 heterocycles. The van der Waals surface area contributed by atoms with Gasteiger partial charge in [-0.3, -0.25) is 14.6 Å². The first-order valence-electron chi connectivity index (χ1n) is 13.0. The van der Waals surface area contributed by atoms with E-state index in [1.165, 1.54) is 12.1 Å². The maximum atomic E-state index is 13.6. The van der Waals surface area contributed by atoms with E-state index in [0.717, 1.165) is 22.6 Å². The zero-order valence-electron chi connectivity index (χ0n) is 22.4. The summed E-state index contributed by atoms with van der Waals surface area (Å²) in [6.45, 7) is 3.65. The van der Waals surface area contributed by atoms with Gasteiger partial charge >= 0.3 is 0 Å². The molecule has 8 nitrogen and oxygen atoms in total. The summed E-state index contributed by atoms with van der Waals surface area (Å²) in [6.07, 6.45) is -0.653. The van der Waals surface area contributed by atoms with Gasteiger partial charge in [0.15, 0.2) is 0 Å². The minimum atomic E-state index is -0.653. The summed E-state index contributed by atoms with van der Waals surface area (Å²) in [5.41, 5.74) is 1.70. The highest BCUT2D eigenvalue weighted by Crippen LogP contribution is 2.24. The number of amides is 1. The molecule has 4 rings (SSSR count). The summed E-state index contributed by atoms with van der Waals surface area (Å²) in [7, 11) is 3.22. The van der Waals surface area contributed by atoms with Gasteiger partial charge in [0.25, 0.3) is 0 Å². The van der Waals surface area contributed by atoms with Crippen LogP contribution in [0.2, 0.25) is 0 Å². The number of β-amino-alcohol motifs (C(OH)–C–C–N with tert-alkyl or cyclic N) is 1. The molecule has 2 atom stereocenters. The number of aliphatic hydroxyl groups is 1. The van der Waals surface area contributed by atoms with E-state index in [2.05, 4.69) is 15.1 Å². The molecule has 0 radical (unpaired) electrons. The molecule has 39 heavy (non-hydrogen) atoms. The first-order chi connectivity index (χ1) is 18.9. The Hall–Kier alpha value is -3.66. The van der Waals surface area contributed by atoms with Gasteiger partial charge in [0.2, 0.25) is 5.91 Å². The quantitative estimate of drug-likeness (QED) is 0.367. The molecule has 2 N–H and O–H groups in total. The third-order valence-electron chi connectivity index (χ3n) is 6.80. The second-order valence-corrected chi connectivity index (χ2v) is 9.50. The average Bonchev–Trinajstić information content (AvgIpc) is 2.97. The highest BCUT2D eigenvalue weighted by Gasteiger charge is 2.31. The molecule has 3 aromatic carbocycles. The van der Waals surface area contributed by atoms with Gasteiger partial charge in [-0.25, -0.2) is 4.39 Å². The van der Waals surface area contributed by atoms with Crippen molar-refractivity contribution in [2.24, 2.45) is 0 Å². The number of nitrogens with zero attached hydrogens (tertiary/aromatic N) is 2. The van der Waals surface area contributed by atoms with Crippen molar-refractivity contribution in [2.45, 2.75) is 18.7 Å². The molecule has 1 amide bonds. The number of hydrogen-bond donors (Lipinski definition) is 2. The van der Waals surface area contributed by atoms with E-state index < -0.39 is 12.1 Å². The number of piperazine rings is 1. The summed E-state index contributed by atoms with van der Waals surface area (Å²) in [6, 6.07) is 20.3. The third kappa shape index (κ3) is 8.16. The van der Waals surface area contributed by atoms with Crippen LogP contribution in [0.25, 0.3) is 0 Å². The summed E-state index contributed by atoms with van der Waals surface area (Å²) < 4.78 is 29.7. The number of ether oxygens (including phenoxy) is 3. The first kappa shape index (κ1) is 28.4. The van der Waals surface area contributed by atoms with Crippen molar-refractivity contribution in [3.63, 3.8) is 0 Å². The fourth-order valence-corrected chi connectivity index (χ4v) is 4.62. The Morgan fingerprint density at radius 2 is 1.44 bits per heavy atom. The average molecular weight is 538 g/mol. The molecule has 9 heteroatoms. The fraction of sp³-hybridized carbons (Fsp3) is 0.367. The van der Waals surface area contributed by atoms with Gasteiger partial charge in [-0.15, -0.1) is 0 Å². The van der Waals surface area contributed by atoms with E-state index in [0.29, 0.717) is 45.0 Å². The highest BCUT2D eigenvalue weighted by atomic mass is 19.1. The molecule has 0 aromatic heterocycles. The smallest absolute Gasteiger partial charge is 0.242 e. The van der Waals surface area contributed by atoms with Gasteiger partial charge in [-0.2, -0.15) is 0 Å². The Labute approximate surface area is 228 Å². The maximum absolute atomic E-state index is 13.6. The van der Waals surface area contributed by atoms with Crippen LogP contribution in [-0.4, -0.2) is 80.5 Å². The Bertz CT molecular complexity index is 1170. The maximum Gasteiger partial charge on any atom is 0.242 e. The summed E-state index contributed by atoms with van der Waals surface area (Å²) in [4.78, 5) is 17.7. The summed E-state index contributed by atoms with van der Waals surface area (Å²) >= 11 is 0. The molecule has 0 bridgehead atoms. The zero-order chi connectivity index (χ0) is 27.6. The Morgan fingerprint density at radius 3 is 2.03 bits per heavy atom. The minimum Gasteiger partial charge on any atom is -0.497 e. The van der Waals surface area contributed by atoms with E-state index in [1.54, 1.807) is 38.5 Å². The lowest BCUT2D eigenvalue weighted by Crippen LogP contribution is -2.52. The molecule has 1 saturated heterocycles. The van der Waals surface area contributed by atoms with Crippen LogP contribution in [0.5, 0.6) is 17.2 Å². The van der Waals surface area contributed by atoms with Crippen LogP contribution >= 0.6 is 0 Å². The molecule has 1 aliphatic heterocycles. The lowest BCUT2D eigenvalue weighted by molar-refractivity contribution is -0.127. The Morgan fingerprint density at radius 1 is 0.872 bits per heavy atom. The van der Waals surface area contributed by atoms with Crippen molar-refractivity contribution in [1.82, 2.24) is 15.1 Å². The SMILES string of the molecule is COc1ccc(CNC(=O)C(c2ccc(F)cc2)N2CCN(CC(O)COc3ccc(OC)cc3)CC2)cc1. The molecule has 1 fully saturated rings. The van der Waals surface area contributed by atoms with E-state index in [4.69, 9.17) is 14.2 Å². The van der Waals surface area contributed by atoms with E-state index >= 15 is 0 Å². The van der Waals surface area contributed by atoms with E-state index in [-0.39, 0.29) is 18.3 Å². The second kappa shape index (κ2) is 13.9. The third-order valence-corrected chi connectivity index (χ3v) is 6.80. The number of carbonyl (C=O) groups excluding carboxylic acids is 1. The van der Waals surface area contributed by atoms with Gasteiger partial charge in [-0.05, 0) is 59.7 Å². The Balaban J connectivity index is 1.31. The van der Waals surface area contributed by atoms with Crippen LogP contribution in [0.4, 0.5) is 4.39 Å². The van der Waals surface area contributed by atoms with Crippen molar-refractivity contribution in [3.8, 4) is 17.2 Å². The molecule has 0 aliphatic carbocycles. The van der Waals surface area contributed by atoms with Gasteiger partial charge in [-0.1, -0.05) is 24.3 Å². The van der Waals surface area contributed by atoms with Gasteiger partial charge in [0.1, 0.15) is 41.8 Å². The molecule has 0 spiro atoms. The topological polar surface area (TPSA) is 83.5 Å². The van der Waals surface area contributed by atoms with Crippen LogP contribution in [0.3, 0.4) is 0 Å². The number of benzene rings is 3. The molecular weight excluding hydrogens is 501 g/mol. The van der Waals surface area contributed by atoms with Crippen LogP contribution in [0.1, 0.15) is 17.2 Å². The van der Waals surface area contributed by atoms with Crippen molar-refractivity contribution in [2.75, 3.05) is 53.6 Å². The number of nitrogens with one attached hydrogen (secondary N) is 1. The predicted molar refractivity (Wildman–Crippen MR) is 146 cm³/mol. The van der Waals surface area contributed by atoms with Crippen molar-refractivity contribution in [1.29, 1.82) is 0 Å². The lowest BCUT2D eigenvalue weighted by Gasteiger charge is -2.39. The van der Waals surface area contributed by atoms with Gasteiger partial charge in [0, 0.05) is 39.3 Å². The van der Waals surface area contributed by atoms with Gasteiger partial charge < -0.3 is 24.6 Å². The fourth-order valence-electron chi connectivity index (χ4n) is 4.62. The van der Waals surface area contributed by atoms with Crippen molar-refractivity contribution in [3.05, 3.63) is 89.7 Å². The van der Waals surface area contributed by atoms with Crippen LogP contribution in [-0.2, 0) is 11.3 Å². The zero-order valence-corrected chi connectivity index (χ0v) is 22.4. The number of hydrogen-bond acceptors (Lipinski definition) is 7. The summed E-state index contributed by atoms with van der Waals surface area (Å²) in [5, 5.41) is 13.6. The monoisotopic (exact) mass is 537 g/mol. The normalized spacial score (nSPS) is 15.8. The Kier molecular flexibility index (Phi) is 10.1. The van der Waals surface area contributed by atoms with Crippen LogP contribution < -0.4 is 19.5 Å². The number of halogens is 1. The van der Waals surface area contributed by atoms with Crippen molar-refractivity contribution >= 4 is 5.91 Å². The molecular formula is C30H36FN3O5. The van der Waals surface area contributed by atoms with Crippen molar-refractivity contribution < 1.29 is 28.5 Å². The number of carbonyl (C=O) groups is 1. The summed E-state index contributed by atoms with van der Waals surface area (Å²) in [5.74, 6) is 1.69. The molecule has 208 valence electrons. The first-order valence-corrected chi connectivity index (χ1v) is 13.0. The lowest BCUT2D eigenvalue weighted by atomic mass is 10.0. The molecule has 3 aromatic rings. The van der Waals surface area contributed by atoms with Crippen LogP contribution in [0, 0.1) is 5.82 Å². The number of methoxy groups -OCH3 is 2. The molecule has 1 aliphatic rings. The van der Waals surface area contributed by atoms with Gasteiger partial charge in [0.05, 0.1) is 14.2 Å². The van der Waals surface area contributed by atoms with Crippen LogP contribution in [0.15, 0.2) is 72.8 Å². The van der Waals surface area contributed by atoms with E-state index in [1.807, 2.05) is 36.4 Å². The predicted octanol–water partition coefficient (Wildman–Crippen LogP) is 3.26. The second-order valence-electron chi connectivity index (χ2n) is 9.50. The molecule has 0 saturated carbocycles. The standard InChI is InChI=1S/C30H36FN3O5/c1-37-26-9-3-22(4-10-26)19-32-30(36)29(23-5-7-24(31)8-6-23)34-17-15-33(16-18-34)20-25(35)21-39-28-13-11-27(38-2)12-14-28/h3-14,25,29,35H,15-21H2,1-2H3,(H,32,36).